The smallest absolute Gasteiger partial charge is 0.356 e. The second kappa shape index (κ2) is 3.52. The molecule has 1 aromatic heterocycles. The van der Waals surface area contributed by atoms with E-state index in [-0.39, 0.29) is 5.69 Å². The van der Waals surface area contributed by atoms with Crippen LogP contribution in [0.5, 0.6) is 0 Å². The molecule has 0 unspecified atom stereocenters. The molecule has 0 amide bonds. The summed E-state index contributed by atoms with van der Waals surface area (Å²) >= 11 is 0. The van der Waals surface area contributed by atoms with Crippen LogP contribution in [0.1, 0.15) is 10.5 Å². The highest BCUT2D eigenvalue weighted by molar-refractivity contribution is 6.02. The zero-order valence-electron chi connectivity index (χ0n) is 8.79. The maximum absolute atomic E-state index is 10.9. The van der Waals surface area contributed by atoms with E-state index in [0.717, 1.165) is 22.0 Å². The summed E-state index contributed by atoms with van der Waals surface area (Å²) in [6.45, 7) is 0. The van der Waals surface area contributed by atoms with Gasteiger partial charge in [0.05, 0.1) is 5.52 Å². The molecule has 0 spiro atoms. The maximum atomic E-state index is 10.9. The van der Waals surface area contributed by atoms with Crippen LogP contribution in [0.25, 0.3) is 22.0 Å². The maximum Gasteiger partial charge on any atom is 0.356 e. The van der Waals surface area contributed by atoms with E-state index < -0.39 is 5.97 Å². The monoisotopic (exact) mass is 224 g/mol. The molecule has 4 heteroatoms. The van der Waals surface area contributed by atoms with Crippen LogP contribution < -0.4 is 0 Å². The van der Waals surface area contributed by atoms with Gasteiger partial charge in [-0.05, 0) is 23.3 Å². The van der Waals surface area contributed by atoms with Gasteiger partial charge in [0, 0.05) is 5.39 Å². The molecule has 0 bridgehead atoms. The van der Waals surface area contributed by atoms with Gasteiger partial charge in [0.1, 0.15) is 0 Å². The Bertz CT molecular complexity index is 694. The summed E-state index contributed by atoms with van der Waals surface area (Å²) in [6, 6.07) is 13.2. The highest BCUT2D eigenvalue weighted by Gasteiger charge is 2.13. The average molecular weight is 224 g/mol. The third kappa shape index (κ3) is 1.50. The number of carbonyl (C=O) groups is 1. The molecule has 0 aliphatic heterocycles. The van der Waals surface area contributed by atoms with Crippen molar-refractivity contribution in [1.29, 1.82) is 0 Å². The highest BCUT2D eigenvalue weighted by atomic mass is 16.4. The normalized spacial score (nSPS) is 10.8. The quantitative estimate of drug-likeness (QED) is 0.689. The fourth-order valence-corrected chi connectivity index (χ4v) is 1.91. The Morgan fingerprint density at radius 2 is 1.88 bits per heavy atom. The number of carboxylic acids is 1. The molecule has 0 saturated heterocycles. The minimum atomic E-state index is -1.06. The van der Waals surface area contributed by atoms with Crippen molar-refractivity contribution in [3.05, 3.63) is 48.2 Å². The van der Waals surface area contributed by atoms with E-state index in [0.29, 0.717) is 0 Å². The molecule has 0 radical (unpaired) electrons. The van der Waals surface area contributed by atoms with Gasteiger partial charge in [-0.3, -0.25) is 0 Å². The lowest BCUT2D eigenvalue weighted by Crippen LogP contribution is -2.00. The number of hydrogen-bond donors (Lipinski definition) is 1. The summed E-state index contributed by atoms with van der Waals surface area (Å²) in [6.07, 6.45) is 0. The topological polar surface area (TPSA) is 63.1 Å². The zero-order chi connectivity index (χ0) is 11.8. The number of nitrogens with zero attached hydrogens (tertiary/aromatic N) is 2. The number of carboxylic acid groups (broad SMARTS) is 1. The van der Waals surface area contributed by atoms with Crippen molar-refractivity contribution in [3.8, 4) is 11.1 Å². The summed E-state index contributed by atoms with van der Waals surface area (Å²) in [7, 11) is 0. The third-order valence-electron chi connectivity index (χ3n) is 2.70. The first-order valence-corrected chi connectivity index (χ1v) is 5.14. The SMILES string of the molecule is O=C(O)c1cc2c3cccccc-3cc2nn1. The Kier molecular flexibility index (Phi) is 2.01. The second-order valence-electron chi connectivity index (χ2n) is 3.76. The van der Waals surface area contributed by atoms with Gasteiger partial charge in [-0.2, -0.15) is 0 Å². The van der Waals surface area contributed by atoms with Gasteiger partial charge >= 0.3 is 5.97 Å². The van der Waals surface area contributed by atoms with Gasteiger partial charge in [0.2, 0.25) is 0 Å². The third-order valence-corrected chi connectivity index (χ3v) is 2.70. The Morgan fingerprint density at radius 1 is 1.06 bits per heavy atom. The summed E-state index contributed by atoms with van der Waals surface area (Å²) in [5, 5.41) is 17.3. The van der Waals surface area contributed by atoms with Crippen LogP contribution in [0.2, 0.25) is 0 Å². The first-order valence-electron chi connectivity index (χ1n) is 5.14. The highest BCUT2D eigenvalue weighted by Crippen LogP contribution is 2.31. The van der Waals surface area contributed by atoms with Crippen LogP contribution in [0.4, 0.5) is 0 Å². The molecule has 3 rings (SSSR count). The molecule has 0 aromatic carbocycles. The zero-order valence-corrected chi connectivity index (χ0v) is 8.79. The van der Waals surface area contributed by atoms with E-state index in [2.05, 4.69) is 10.2 Å². The number of aromatic nitrogens is 2. The van der Waals surface area contributed by atoms with Crippen LogP contribution in [0.15, 0.2) is 42.5 Å². The Morgan fingerprint density at radius 3 is 2.71 bits per heavy atom. The number of aromatic carboxylic acids is 1. The van der Waals surface area contributed by atoms with Crippen molar-refractivity contribution in [3.63, 3.8) is 0 Å². The molecule has 1 aromatic rings. The average Bonchev–Trinajstić information content (AvgIpc) is 2.51. The number of rotatable bonds is 1. The van der Waals surface area contributed by atoms with E-state index in [1.165, 1.54) is 0 Å². The van der Waals surface area contributed by atoms with E-state index in [9.17, 15) is 4.79 Å². The molecule has 1 N–H and O–H groups in total. The molecule has 2 aliphatic rings. The molecular formula is C13H8N2O2. The molecule has 0 fully saturated rings. The van der Waals surface area contributed by atoms with Crippen LogP contribution >= 0.6 is 0 Å². The fourth-order valence-electron chi connectivity index (χ4n) is 1.91. The van der Waals surface area contributed by atoms with Crippen molar-refractivity contribution in [2.75, 3.05) is 0 Å². The molecule has 2 aliphatic carbocycles. The van der Waals surface area contributed by atoms with Crippen molar-refractivity contribution >= 4 is 16.9 Å². The first-order chi connectivity index (χ1) is 8.25. The van der Waals surface area contributed by atoms with Gasteiger partial charge in [-0.1, -0.05) is 30.3 Å². The van der Waals surface area contributed by atoms with Crippen molar-refractivity contribution in [2.24, 2.45) is 0 Å². The number of fused-ring (bicyclic) bond motifs is 3. The lowest BCUT2D eigenvalue weighted by Gasteiger charge is -1.95. The molecule has 82 valence electrons. The van der Waals surface area contributed by atoms with E-state index in [1.54, 1.807) is 6.07 Å². The van der Waals surface area contributed by atoms with E-state index >= 15 is 0 Å². The molecule has 17 heavy (non-hydrogen) atoms. The summed E-state index contributed by atoms with van der Waals surface area (Å²) in [5.74, 6) is -1.06. The molecule has 0 atom stereocenters. The van der Waals surface area contributed by atoms with E-state index in [1.807, 2.05) is 36.4 Å². The number of hydrogen-bond acceptors (Lipinski definition) is 3. The van der Waals surface area contributed by atoms with Gasteiger partial charge < -0.3 is 5.11 Å². The molecule has 1 heterocycles. The largest absolute Gasteiger partial charge is 0.476 e. The molecular weight excluding hydrogens is 216 g/mol. The summed E-state index contributed by atoms with van der Waals surface area (Å²) in [5.41, 5.74) is 2.71. The predicted molar refractivity (Wildman–Crippen MR) is 63.1 cm³/mol. The van der Waals surface area contributed by atoms with Crippen LogP contribution in [-0.2, 0) is 0 Å². The van der Waals surface area contributed by atoms with Crippen LogP contribution in [0.3, 0.4) is 0 Å². The summed E-state index contributed by atoms with van der Waals surface area (Å²) in [4.78, 5) is 10.9. The van der Waals surface area contributed by atoms with Crippen LogP contribution in [0, 0.1) is 0 Å². The fraction of sp³-hybridized carbons (Fsp3) is 0. The first kappa shape index (κ1) is 9.72. The van der Waals surface area contributed by atoms with Gasteiger partial charge in [0.15, 0.2) is 5.69 Å². The summed E-state index contributed by atoms with van der Waals surface area (Å²) < 4.78 is 0. The molecule has 0 saturated carbocycles. The Balaban J connectivity index is 2.38. The Labute approximate surface area is 96.9 Å². The lowest BCUT2D eigenvalue weighted by atomic mass is 10.1. The van der Waals surface area contributed by atoms with Crippen molar-refractivity contribution in [2.45, 2.75) is 0 Å². The Hall–Kier alpha value is -2.49. The van der Waals surface area contributed by atoms with Gasteiger partial charge in [-0.15, -0.1) is 10.2 Å². The van der Waals surface area contributed by atoms with Crippen molar-refractivity contribution in [1.82, 2.24) is 10.2 Å². The standard InChI is InChI=1S/C13H8N2O2/c16-13(17)12-7-10-9-5-3-1-2-4-8(9)6-11(10)14-15-12/h1-7H,(H,16,17). The second-order valence-corrected chi connectivity index (χ2v) is 3.76. The van der Waals surface area contributed by atoms with Gasteiger partial charge in [0.25, 0.3) is 0 Å². The minimum Gasteiger partial charge on any atom is -0.476 e. The predicted octanol–water partition coefficient (Wildman–Crippen LogP) is 2.43. The lowest BCUT2D eigenvalue weighted by molar-refractivity contribution is 0.0689. The van der Waals surface area contributed by atoms with Crippen molar-refractivity contribution < 1.29 is 9.90 Å². The molecule has 4 nitrogen and oxygen atoms in total. The van der Waals surface area contributed by atoms with Crippen LogP contribution in [-0.4, -0.2) is 21.3 Å². The minimum absolute atomic E-state index is 0.0310. The van der Waals surface area contributed by atoms with Gasteiger partial charge in [-0.25, -0.2) is 4.79 Å². The van der Waals surface area contributed by atoms with E-state index in [4.69, 9.17) is 5.11 Å².